The van der Waals surface area contributed by atoms with E-state index in [0.717, 1.165) is 64.7 Å². The van der Waals surface area contributed by atoms with Gasteiger partial charge >= 0.3 is 0 Å². The molecule has 3 rings (SSSR count). The molecule has 2 aliphatic rings. The number of aliphatic imine (C=N–C) groups is 1. The van der Waals surface area contributed by atoms with Crippen molar-refractivity contribution in [3.63, 3.8) is 0 Å². The third-order valence-corrected chi connectivity index (χ3v) is 6.10. The van der Waals surface area contributed by atoms with E-state index in [1.165, 1.54) is 5.69 Å². The minimum atomic E-state index is 0. The Morgan fingerprint density at radius 3 is 2.48 bits per heavy atom. The molecule has 8 heteroatoms. The van der Waals surface area contributed by atoms with E-state index in [2.05, 4.69) is 64.6 Å². The lowest BCUT2D eigenvalue weighted by molar-refractivity contribution is -0.129. The maximum absolute atomic E-state index is 11.9. The van der Waals surface area contributed by atoms with Crippen LogP contribution in [0.2, 0.25) is 0 Å². The van der Waals surface area contributed by atoms with E-state index in [4.69, 9.17) is 4.99 Å². The predicted molar refractivity (Wildman–Crippen MR) is 139 cm³/mol. The Balaban J connectivity index is 0.00000341. The lowest BCUT2D eigenvalue weighted by Crippen LogP contribution is -2.51. The first-order valence-corrected chi connectivity index (χ1v) is 11.5. The fourth-order valence-electron chi connectivity index (χ4n) is 4.24. The van der Waals surface area contributed by atoms with Crippen LogP contribution in [0.3, 0.4) is 0 Å². The summed E-state index contributed by atoms with van der Waals surface area (Å²) in [6, 6.07) is 11.3. The van der Waals surface area contributed by atoms with Crippen LogP contribution in [0.4, 0.5) is 5.69 Å². The molecule has 7 nitrogen and oxygen atoms in total. The van der Waals surface area contributed by atoms with Crippen molar-refractivity contribution in [1.82, 2.24) is 20.4 Å². The van der Waals surface area contributed by atoms with Crippen molar-refractivity contribution in [2.45, 2.75) is 45.7 Å². The molecule has 2 saturated heterocycles. The number of nitrogens with one attached hydrogen (secondary N) is 2. The summed E-state index contributed by atoms with van der Waals surface area (Å²) in [6.45, 7) is 13.7. The van der Waals surface area contributed by atoms with Gasteiger partial charge in [-0.05, 0) is 32.4 Å². The van der Waals surface area contributed by atoms with Crippen molar-refractivity contribution in [3.8, 4) is 0 Å². The molecule has 0 bridgehead atoms. The van der Waals surface area contributed by atoms with Crippen LogP contribution in [-0.4, -0.2) is 86.1 Å². The molecular weight excluding hydrogens is 503 g/mol. The minimum Gasteiger partial charge on any atom is -0.369 e. The summed E-state index contributed by atoms with van der Waals surface area (Å²) in [5.41, 5.74) is 1.31. The summed E-state index contributed by atoms with van der Waals surface area (Å²) < 4.78 is 0. The fourth-order valence-corrected chi connectivity index (χ4v) is 4.24. The maximum atomic E-state index is 11.9. The van der Waals surface area contributed by atoms with E-state index in [1.807, 2.05) is 11.8 Å². The van der Waals surface area contributed by atoms with E-state index in [9.17, 15) is 4.79 Å². The number of halogens is 1. The Labute approximate surface area is 204 Å². The molecule has 0 aliphatic carbocycles. The van der Waals surface area contributed by atoms with Crippen molar-refractivity contribution in [1.29, 1.82) is 0 Å². The zero-order valence-corrected chi connectivity index (χ0v) is 21.5. The fraction of sp³-hybridized carbons (Fsp3) is 0.652. The minimum absolute atomic E-state index is 0. The number of carbonyl (C=O) groups is 1. The normalized spacial score (nSPS) is 20.9. The topological polar surface area (TPSA) is 63.2 Å². The third-order valence-electron chi connectivity index (χ3n) is 6.10. The smallest absolute Gasteiger partial charge is 0.222 e. The molecule has 2 atom stereocenters. The lowest BCUT2D eigenvalue weighted by atomic mass is 10.2. The largest absolute Gasteiger partial charge is 0.369 e. The zero-order valence-electron chi connectivity index (χ0n) is 19.2. The second-order valence-electron chi connectivity index (χ2n) is 8.25. The van der Waals surface area contributed by atoms with Crippen LogP contribution < -0.4 is 15.5 Å². The molecule has 2 aliphatic heterocycles. The highest BCUT2D eigenvalue weighted by atomic mass is 127. The van der Waals surface area contributed by atoms with Crippen LogP contribution in [0.25, 0.3) is 0 Å². The van der Waals surface area contributed by atoms with Crippen LogP contribution in [0, 0.1) is 0 Å². The SMILES string of the molecule is CCNC(=NCC(C)N1CCN(c2ccccc2)CC1)NC1CCN(C(=O)CC)C1.I. The summed E-state index contributed by atoms with van der Waals surface area (Å²) in [6.07, 6.45) is 1.56. The van der Waals surface area contributed by atoms with E-state index in [-0.39, 0.29) is 35.9 Å². The number of likely N-dealkylation sites (tertiary alicyclic amines) is 1. The van der Waals surface area contributed by atoms with E-state index < -0.39 is 0 Å². The lowest BCUT2D eigenvalue weighted by Gasteiger charge is -2.38. The highest BCUT2D eigenvalue weighted by molar-refractivity contribution is 14.0. The van der Waals surface area contributed by atoms with Gasteiger partial charge in [-0.25, -0.2) is 0 Å². The number of amides is 1. The summed E-state index contributed by atoms with van der Waals surface area (Å²) in [5.74, 6) is 1.10. The Hall–Kier alpha value is -1.55. The van der Waals surface area contributed by atoms with Crippen molar-refractivity contribution in [2.75, 3.05) is 57.3 Å². The zero-order chi connectivity index (χ0) is 21.3. The molecule has 2 fully saturated rings. The first kappa shape index (κ1) is 25.7. The van der Waals surface area contributed by atoms with Gasteiger partial charge in [-0.15, -0.1) is 24.0 Å². The van der Waals surface area contributed by atoms with E-state index in [1.54, 1.807) is 0 Å². The molecule has 1 amide bonds. The van der Waals surface area contributed by atoms with E-state index >= 15 is 0 Å². The highest BCUT2D eigenvalue weighted by Crippen LogP contribution is 2.16. The number of piperazine rings is 1. The van der Waals surface area contributed by atoms with E-state index in [0.29, 0.717) is 12.5 Å². The molecular formula is C23H39IN6O. The quantitative estimate of drug-likeness (QED) is 0.315. The molecule has 0 saturated carbocycles. The summed E-state index contributed by atoms with van der Waals surface area (Å²) in [5, 5.41) is 6.89. The van der Waals surface area contributed by atoms with Gasteiger partial charge < -0.3 is 20.4 Å². The second kappa shape index (κ2) is 13.1. The van der Waals surface area contributed by atoms with Crippen LogP contribution in [-0.2, 0) is 4.79 Å². The van der Waals surface area contributed by atoms with Gasteiger partial charge in [-0.1, -0.05) is 25.1 Å². The Morgan fingerprint density at radius 1 is 1.13 bits per heavy atom. The van der Waals surface area contributed by atoms with Crippen LogP contribution >= 0.6 is 24.0 Å². The summed E-state index contributed by atoms with van der Waals surface area (Å²) >= 11 is 0. The molecule has 31 heavy (non-hydrogen) atoms. The first-order chi connectivity index (χ1) is 14.6. The van der Waals surface area contributed by atoms with Crippen molar-refractivity contribution >= 4 is 41.5 Å². The number of benzene rings is 1. The van der Waals surface area contributed by atoms with Gasteiger partial charge in [-0.2, -0.15) is 0 Å². The molecule has 1 aromatic carbocycles. The molecule has 0 aromatic heterocycles. The van der Waals surface area contributed by atoms with Gasteiger partial charge in [0.1, 0.15) is 0 Å². The molecule has 2 N–H and O–H groups in total. The number of hydrogen-bond acceptors (Lipinski definition) is 4. The summed E-state index contributed by atoms with van der Waals surface area (Å²) in [4.78, 5) is 23.7. The number of nitrogens with zero attached hydrogens (tertiary/aromatic N) is 4. The second-order valence-corrected chi connectivity index (χ2v) is 8.25. The predicted octanol–water partition coefficient (Wildman–Crippen LogP) is 2.38. The van der Waals surface area contributed by atoms with Crippen LogP contribution in [0.1, 0.15) is 33.6 Å². The maximum Gasteiger partial charge on any atom is 0.222 e. The molecule has 0 radical (unpaired) electrons. The van der Waals surface area contributed by atoms with Gasteiger partial charge in [0.15, 0.2) is 5.96 Å². The van der Waals surface area contributed by atoms with Crippen LogP contribution in [0.15, 0.2) is 35.3 Å². The Bertz CT molecular complexity index is 693. The van der Waals surface area contributed by atoms with Gasteiger partial charge in [-0.3, -0.25) is 14.7 Å². The molecule has 2 heterocycles. The average molecular weight is 543 g/mol. The monoisotopic (exact) mass is 542 g/mol. The number of hydrogen-bond donors (Lipinski definition) is 2. The molecule has 1 aromatic rings. The Kier molecular flexibility index (Phi) is 10.9. The van der Waals surface area contributed by atoms with Gasteiger partial charge in [0.2, 0.25) is 5.91 Å². The number of guanidine groups is 1. The number of anilines is 1. The molecule has 0 spiro atoms. The van der Waals surface area contributed by atoms with Crippen molar-refractivity contribution in [2.24, 2.45) is 4.99 Å². The summed E-state index contributed by atoms with van der Waals surface area (Å²) in [7, 11) is 0. The van der Waals surface area contributed by atoms with Gasteiger partial charge in [0.25, 0.3) is 0 Å². The van der Waals surface area contributed by atoms with Crippen molar-refractivity contribution < 1.29 is 4.79 Å². The molecule has 2 unspecified atom stereocenters. The average Bonchev–Trinajstić information content (AvgIpc) is 3.26. The van der Waals surface area contributed by atoms with Gasteiger partial charge in [0.05, 0.1) is 6.54 Å². The van der Waals surface area contributed by atoms with Gasteiger partial charge in [0, 0.05) is 70.0 Å². The Morgan fingerprint density at radius 2 is 1.84 bits per heavy atom. The first-order valence-electron chi connectivity index (χ1n) is 11.5. The standard InChI is InChI=1S/C23H38N6O.HI/c1-4-22(30)29-12-11-20(18-29)26-23(24-5-2)25-17-19(3)27-13-15-28(16-14-27)21-9-7-6-8-10-21;/h6-10,19-20H,4-5,11-18H2,1-3H3,(H2,24,25,26);1H. The number of carbonyl (C=O) groups excluding carboxylic acids is 1. The highest BCUT2D eigenvalue weighted by Gasteiger charge is 2.26. The number of rotatable bonds is 7. The third kappa shape index (κ3) is 7.52. The number of para-hydroxylation sites is 1. The van der Waals surface area contributed by atoms with Crippen LogP contribution in [0.5, 0.6) is 0 Å². The molecule has 174 valence electrons. The van der Waals surface area contributed by atoms with Crippen molar-refractivity contribution in [3.05, 3.63) is 30.3 Å².